The van der Waals surface area contributed by atoms with Crippen LogP contribution in [-0.4, -0.2) is 12.6 Å². The predicted molar refractivity (Wildman–Crippen MR) is 88.8 cm³/mol. The third-order valence-corrected chi connectivity index (χ3v) is 3.72. The van der Waals surface area contributed by atoms with Gasteiger partial charge < -0.3 is 9.47 Å². The molecule has 0 spiro atoms. The van der Waals surface area contributed by atoms with E-state index >= 15 is 0 Å². The zero-order valence-corrected chi connectivity index (χ0v) is 13.7. The van der Waals surface area contributed by atoms with E-state index in [1.54, 1.807) is 18.2 Å². The zero-order valence-electron chi connectivity index (χ0n) is 12.1. The molecule has 0 aromatic heterocycles. The number of carbonyl (C=O) groups is 1. The maximum atomic E-state index is 11.7. The first-order chi connectivity index (χ1) is 10.6. The first kappa shape index (κ1) is 16.1. The van der Waals surface area contributed by atoms with Crippen LogP contribution in [-0.2, 0) is 11.3 Å². The summed E-state index contributed by atoms with van der Waals surface area (Å²) in [7, 11) is 0. The third kappa shape index (κ3) is 4.12. The highest BCUT2D eigenvalue weighted by Gasteiger charge is 2.10. The molecular weight excluding hydrogens is 344 g/mol. The fourth-order valence-corrected chi connectivity index (χ4v) is 2.36. The molecule has 2 rings (SSSR count). The van der Waals surface area contributed by atoms with Crippen molar-refractivity contribution in [2.75, 3.05) is 6.61 Å². The number of hydrogen-bond acceptors (Lipinski definition) is 3. The van der Waals surface area contributed by atoms with Crippen molar-refractivity contribution < 1.29 is 14.3 Å². The maximum Gasteiger partial charge on any atom is 0.339 e. The quantitative estimate of drug-likeness (QED) is 0.595. The van der Waals surface area contributed by atoms with E-state index in [-0.39, 0.29) is 6.61 Å². The van der Waals surface area contributed by atoms with Crippen LogP contribution in [0.2, 0.25) is 0 Å². The molecule has 0 aliphatic heterocycles. The van der Waals surface area contributed by atoms with E-state index < -0.39 is 5.97 Å². The second-order valence-electron chi connectivity index (χ2n) is 4.64. The van der Waals surface area contributed by atoms with Crippen LogP contribution in [0.3, 0.4) is 0 Å². The minimum Gasteiger partial charge on any atom is -0.488 e. The summed E-state index contributed by atoms with van der Waals surface area (Å²) >= 11 is 3.40. The van der Waals surface area contributed by atoms with Crippen LogP contribution < -0.4 is 4.74 Å². The summed E-state index contributed by atoms with van der Waals surface area (Å²) in [5.41, 5.74) is 2.71. The Morgan fingerprint density at radius 1 is 1.27 bits per heavy atom. The summed E-state index contributed by atoms with van der Waals surface area (Å²) in [6.45, 7) is 2.46. The lowest BCUT2D eigenvalue weighted by Gasteiger charge is -2.11. The normalized spacial score (nSPS) is 9.86. The van der Waals surface area contributed by atoms with Gasteiger partial charge in [-0.05, 0) is 52.2 Å². The van der Waals surface area contributed by atoms with E-state index in [9.17, 15) is 4.79 Å². The Kier molecular flexibility index (Phi) is 5.62. The number of aryl methyl sites for hydroxylation is 1. The molecule has 0 N–H and O–H groups in total. The van der Waals surface area contributed by atoms with Gasteiger partial charge >= 0.3 is 5.97 Å². The number of rotatable bonds is 5. The first-order valence-corrected chi connectivity index (χ1v) is 7.48. The third-order valence-electron chi connectivity index (χ3n) is 3.10. The highest BCUT2D eigenvalue weighted by Crippen LogP contribution is 2.27. The summed E-state index contributed by atoms with van der Waals surface area (Å²) in [4.78, 5) is 11.7. The molecule has 0 atom stereocenters. The predicted octanol–water partition coefficient (Wildman–Crippen LogP) is 4.13. The minimum atomic E-state index is -0.455. The molecule has 3 nitrogen and oxygen atoms in total. The number of carbonyl (C=O) groups excluding carboxylic acids is 1. The molecule has 0 radical (unpaired) electrons. The minimum absolute atomic E-state index is 0.0397. The topological polar surface area (TPSA) is 35.5 Å². The summed E-state index contributed by atoms with van der Waals surface area (Å²) in [5, 5.41) is 0. The van der Waals surface area contributed by atoms with Crippen LogP contribution in [0.15, 0.2) is 46.9 Å². The molecular formula is C18H15BrO3. The largest absolute Gasteiger partial charge is 0.488 e. The van der Waals surface area contributed by atoms with Gasteiger partial charge in [-0.1, -0.05) is 30.2 Å². The van der Waals surface area contributed by atoms with Crippen LogP contribution in [0.5, 0.6) is 5.75 Å². The number of ether oxygens (including phenoxy) is 2. The van der Waals surface area contributed by atoms with Gasteiger partial charge in [0.05, 0.1) is 10.0 Å². The second kappa shape index (κ2) is 7.67. The smallest absolute Gasteiger partial charge is 0.339 e. The lowest BCUT2D eigenvalue weighted by molar-refractivity contribution is 0.0556. The van der Waals surface area contributed by atoms with Crippen molar-refractivity contribution in [3.63, 3.8) is 0 Å². The van der Waals surface area contributed by atoms with Gasteiger partial charge in [-0.2, -0.15) is 0 Å². The number of hydrogen-bond donors (Lipinski definition) is 0. The lowest BCUT2D eigenvalue weighted by atomic mass is 10.1. The van der Waals surface area contributed by atoms with E-state index in [2.05, 4.69) is 21.9 Å². The molecule has 0 saturated carbocycles. The van der Waals surface area contributed by atoms with Crippen molar-refractivity contribution in [3.8, 4) is 18.1 Å². The van der Waals surface area contributed by atoms with Gasteiger partial charge in [-0.25, -0.2) is 4.79 Å². The Morgan fingerprint density at radius 2 is 2.05 bits per heavy atom. The second-order valence-corrected chi connectivity index (χ2v) is 5.49. The van der Waals surface area contributed by atoms with Crippen molar-refractivity contribution in [1.82, 2.24) is 0 Å². The molecule has 112 valence electrons. The van der Waals surface area contributed by atoms with Crippen LogP contribution in [0.4, 0.5) is 0 Å². The van der Waals surface area contributed by atoms with Gasteiger partial charge in [0, 0.05) is 0 Å². The summed E-state index contributed by atoms with van der Waals surface area (Å²) in [5.74, 6) is 2.47. The van der Waals surface area contributed by atoms with E-state index in [1.807, 2.05) is 31.2 Å². The van der Waals surface area contributed by atoms with Crippen molar-refractivity contribution in [3.05, 3.63) is 63.6 Å². The van der Waals surface area contributed by atoms with Gasteiger partial charge in [0.1, 0.15) is 12.4 Å². The van der Waals surface area contributed by atoms with Gasteiger partial charge in [0.15, 0.2) is 6.61 Å². The molecule has 0 saturated heterocycles. The number of terminal acetylenes is 1. The molecule has 0 amide bonds. The molecule has 0 fully saturated rings. The molecule has 0 heterocycles. The maximum absolute atomic E-state index is 11.7. The molecule has 0 aliphatic rings. The van der Waals surface area contributed by atoms with E-state index in [4.69, 9.17) is 15.9 Å². The molecule has 2 aromatic rings. The lowest BCUT2D eigenvalue weighted by Crippen LogP contribution is -2.05. The van der Waals surface area contributed by atoms with Crippen molar-refractivity contribution in [2.45, 2.75) is 13.5 Å². The molecule has 0 unspecified atom stereocenters. The Labute approximate surface area is 138 Å². The molecule has 0 aliphatic carbocycles. The van der Waals surface area contributed by atoms with E-state index in [0.29, 0.717) is 22.4 Å². The summed E-state index contributed by atoms with van der Waals surface area (Å²) in [6, 6.07) is 13.1. The van der Waals surface area contributed by atoms with Gasteiger partial charge in [0.25, 0.3) is 0 Å². The standard InChI is InChI=1S/C18H15BrO3/c1-3-10-21-18(20)14-8-9-17(16(19)11-14)22-12-15-7-5-4-6-13(15)2/h1,4-9,11H,10,12H2,2H3. The number of halogens is 1. The van der Waals surface area contributed by atoms with Crippen molar-refractivity contribution >= 4 is 21.9 Å². The fourth-order valence-electron chi connectivity index (χ4n) is 1.86. The fraction of sp³-hybridized carbons (Fsp3) is 0.167. The SMILES string of the molecule is C#CCOC(=O)c1ccc(OCc2ccccc2C)c(Br)c1. The Hall–Kier alpha value is -2.25. The Bertz CT molecular complexity index is 717. The highest BCUT2D eigenvalue weighted by molar-refractivity contribution is 9.10. The molecule has 22 heavy (non-hydrogen) atoms. The average molecular weight is 359 g/mol. The Balaban J connectivity index is 2.06. The molecule has 0 bridgehead atoms. The monoisotopic (exact) mass is 358 g/mol. The summed E-state index contributed by atoms with van der Waals surface area (Å²) < 4.78 is 11.4. The Morgan fingerprint density at radius 3 is 2.73 bits per heavy atom. The van der Waals surface area contributed by atoms with Crippen LogP contribution >= 0.6 is 15.9 Å². The zero-order chi connectivity index (χ0) is 15.9. The van der Waals surface area contributed by atoms with Gasteiger partial charge in [-0.3, -0.25) is 0 Å². The number of esters is 1. The van der Waals surface area contributed by atoms with Crippen LogP contribution in [0.1, 0.15) is 21.5 Å². The van der Waals surface area contributed by atoms with Crippen molar-refractivity contribution in [2.24, 2.45) is 0 Å². The van der Waals surface area contributed by atoms with E-state index in [1.165, 1.54) is 5.56 Å². The first-order valence-electron chi connectivity index (χ1n) is 6.69. The average Bonchev–Trinajstić information content (AvgIpc) is 2.52. The summed E-state index contributed by atoms with van der Waals surface area (Å²) in [6.07, 6.45) is 5.06. The number of benzene rings is 2. The van der Waals surface area contributed by atoms with E-state index in [0.717, 1.165) is 5.56 Å². The van der Waals surface area contributed by atoms with Gasteiger partial charge in [0.2, 0.25) is 0 Å². The van der Waals surface area contributed by atoms with Gasteiger partial charge in [-0.15, -0.1) is 6.42 Å². The van der Waals surface area contributed by atoms with Crippen LogP contribution in [0, 0.1) is 19.3 Å². The molecule has 4 heteroatoms. The highest BCUT2D eigenvalue weighted by atomic mass is 79.9. The van der Waals surface area contributed by atoms with Crippen molar-refractivity contribution in [1.29, 1.82) is 0 Å². The van der Waals surface area contributed by atoms with Crippen LogP contribution in [0.25, 0.3) is 0 Å². The molecule has 2 aromatic carbocycles.